The van der Waals surface area contributed by atoms with Gasteiger partial charge in [-0.1, -0.05) is 19.1 Å². The van der Waals surface area contributed by atoms with Crippen molar-refractivity contribution in [3.05, 3.63) is 53.9 Å². The van der Waals surface area contributed by atoms with Crippen LogP contribution in [0.15, 0.2) is 42.6 Å². The minimum atomic E-state index is -0.200. The highest BCUT2D eigenvalue weighted by molar-refractivity contribution is 6.03. The van der Waals surface area contributed by atoms with Gasteiger partial charge in [0, 0.05) is 24.1 Å². The average molecular weight is 269 g/mol. The van der Waals surface area contributed by atoms with Gasteiger partial charge in [0.1, 0.15) is 5.69 Å². The molecule has 0 aliphatic carbocycles. The summed E-state index contributed by atoms with van der Waals surface area (Å²) in [5.41, 5.74) is 3.33. The number of carbonyl (C=O) groups is 1. The fraction of sp³-hybridized carbons (Fsp3) is 0.250. The van der Waals surface area contributed by atoms with Gasteiger partial charge in [0.15, 0.2) is 0 Å². The Morgan fingerprint density at radius 3 is 2.50 bits per heavy atom. The van der Waals surface area contributed by atoms with E-state index in [-0.39, 0.29) is 5.91 Å². The van der Waals surface area contributed by atoms with Gasteiger partial charge in [-0.2, -0.15) is 0 Å². The van der Waals surface area contributed by atoms with Crippen LogP contribution in [0.25, 0.3) is 0 Å². The number of hydrogen-bond acceptors (Lipinski definition) is 3. The van der Waals surface area contributed by atoms with E-state index < -0.39 is 0 Å². The standard InChI is InChI=1S/C16H19N3O/c1-3-12-5-7-13(8-6-12)19-16(20)15-11-14(17-4-2)9-10-18-15/h5-11H,3-4H2,1-2H3,(H,17,18)(H,19,20). The lowest BCUT2D eigenvalue weighted by atomic mass is 10.1. The summed E-state index contributed by atoms with van der Waals surface area (Å²) < 4.78 is 0. The largest absolute Gasteiger partial charge is 0.385 e. The van der Waals surface area contributed by atoms with E-state index in [9.17, 15) is 4.79 Å². The Labute approximate surface area is 119 Å². The van der Waals surface area contributed by atoms with E-state index in [1.807, 2.05) is 37.3 Å². The number of nitrogens with zero attached hydrogens (tertiary/aromatic N) is 1. The number of rotatable bonds is 5. The first-order valence-electron chi connectivity index (χ1n) is 6.83. The summed E-state index contributed by atoms with van der Waals surface area (Å²) in [6.45, 7) is 4.92. The topological polar surface area (TPSA) is 54.0 Å². The number of carbonyl (C=O) groups excluding carboxylic acids is 1. The first-order chi connectivity index (χ1) is 9.72. The van der Waals surface area contributed by atoms with E-state index in [1.54, 1.807) is 12.3 Å². The van der Waals surface area contributed by atoms with E-state index in [1.165, 1.54) is 5.56 Å². The van der Waals surface area contributed by atoms with Gasteiger partial charge in [0.2, 0.25) is 0 Å². The van der Waals surface area contributed by atoms with Gasteiger partial charge in [-0.25, -0.2) is 0 Å². The highest BCUT2D eigenvalue weighted by Crippen LogP contribution is 2.13. The van der Waals surface area contributed by atoms with Gasteiger partial charge in [-0.3, -0.25) is 9.78 Å². The lowest BCUT2D eigenvalue weighted by Gasteiger charge is -2.07. The minimum absolute atomic E-state index is 0.200. The maximum absolute atomic E-state index is 12.1. The van der Waals surface area contributed by atoms with Crippen LogP contribution in [-0.2, 0) is 6.42 Å². The normalized spacial score (nSPS) is 10.1. The molecule has 20 heavy (non-hydrogen) atoms. The SMILES string of the molecule is CCNc1ccnc(C(=O)Nc2ccc(CC)cc2)c1. The smallest absolute Gasteiger partial charge is 0.274 e. The van der Waals surface area contributed by atoms with Gasteiger partial charge in [-0.15, -0.1) is 0 Å². The van der Waals surface area contributed by atoms with Crippen molar-refractivity contribution in [2.75, 3.05) is 17.2 Å². The van der Waals surface area contributed by atoms with E-state index >= 15 is 0 Å². The Balaban J connectivity index is 2.08. The number of amides is 1. The fourth-order valence-electron chi connectivity index (χ4n) is 1.89. The summed E-state index contributed by atoms with van der Waals surface area (Å²) in [5.74, 6) is -0.200. The molecule has 0 aliphatic heterocycles. The summed E-state index contributed by atoms with van der Waals surface area (Å²) in [5, 5.41) is 6.01. The second kappa shape index (κ2) is 6.70. The van der Waals surface area contributed by atoms with Crippen molar-refractivity contribution < 1.29 is 4.79 Å². The molecule has 0 radical (unpaired) electrons. The Kier molecular flexibility index (Phi) is 4.71. The number of anilines is 2. The number of aryl methyl sites for hydroxylation is 1. The molecule has 0 saturated carbocycles. The fourth-order valence-corrected chi connectivity index (χ4v) is 1.89. The number of hydrogen-bond donors (Lipinski definition) is 2. The second-order valence-corrected chi connectivity index (χ2v) is 4.46. The van der Waals surface area contributed by atoms with E-state index in [4.69, 9.17) is 0 Å². The number of aromatic nitrogens is 1. The van der Waals surface area contributed by atoms with Crippen LogP contribution in [-0.4, -0.2) is 17.4 Å². The molecule has 1 heterocycles. The quantitative estimate of drug-likeness (QED) is 0.875. The maximum atomic E-state index is 12.1. The lowest BCUT2D eigenvalue weighted by molar-refractivity contribution is 0.102. The van der Waals surface area contributed by atoms with Crippen LogP contribution in [0.1, 0.15) is 29.9 Å². The summed E-state index contributed by atoms with van der Waals surface area (Å²) >= 11 is 0. The summed E-state index contributed by atoms with van der Waals surface area (Å²) in [6.07, 6.45) is 2.62. The minimum Gasteiger partial charge on any atom is -0.385 e. The third-order valence-corrected chi connectivity index (χ3v) is 2.99. The zero-order valence-corrected chi connectivity index (χ0v) is 11.8. The molecule has 1 aromatic heterocycles. The molecule has 4 heteroatoms. The molecule has 1 aromatic carbocycles. The Hall–Kier alpha value is -2.36. The molecule has 0 aliphatic rings. The number of benzene rings is 1. The van der Waals surface area contributed by atoms with Crippen LogP contribution in [0.2, 0.25) is 0 Å². The summed E-state index contributed by atoms with van der Waals surface area (Å²) in [4.78, 5) is 16.2. The van der Waals surface area contributed by atoms with E-state index in [0.29, 0.717) is 5.69 Å². The molecule has 0 unspecified atom stereocenters. The van der Waals surface area contributed by atoms with E-state index in [0.717, 1.165) is 24.3 Å². The molecular formula is C16H19N3O. The van der Waals surface area contributed by atoms with Crippen molar-refractivity contribution in [1.82, 2.24) is 4.98 Å². The van der Waals surface area contributed by atoms with Crippen molar-refractivity contribution in [3.8, 4) is 0 Å². The molecule has 0 atom stereocenters. The molecule has 104 valence electrons. The summed E-state index contributed by atoms with van der Waals surface area (Å²) in [7, 11) is 0. The Bertz CT molecular complexity index is 579. The highest BCUT2D eigenvalue weighted by atomic mass is 16.1. The van der Waals surface area contributed by atoms with Gasteiger partial charge < -0.3 is 10.6 Å². The molecule has 4 nitrogen and oxygen atoms in total. The summed E-state index contributed by atoms with van der Waals surface area (Å²) in [6, 6.07) is 11.4. The Morgan fingerprint density at radius 2 is 1.85 bits per heavy atom. The third-order valence-electron chi connectivity index (χ3n) is 2.99. The maximum Gasteiger partial charge on any atom is 0.274 e. The predicted molar refractivity (Wildman–Crippen MR) is 82.2 cm³/mol. The lowest BCUT2D eigenvalue weighted by Crippen LogP contribution is -2.14. The highest BCUT2D eigenvalue weighted by Gasteiger charge is 2.08. The van der Waals surface area contributed by atoms with Crippen molar-refractivity contribution in [2.45, 2.75) is 20.3 Å². The van der Waals surface area contributed by atoms with Gasteiger partial charge >= 0.3 is 0 Å². The molecule has 2 aromatic rings. The number of pyridine rings is 1. The zero-order valence-electron chi connectivity index (χ0n) is 11.8. The van der Waals surface area contributed by atoms with Crippen LogP contribution < -0.4 is 10.6 Å². The molecule has 0 spiro atoms. The average Bonchev–Trinajstić information content (AvgIpc) is 2.48. The molecule has 0 bridgehead atoms. The molecule has 1 amide bonds. The van der Waals surface area contributed by atoms with Crippen molar-refractivity contribution in [1.29, 1.82) is 0 Å². The molecule has 0 fully saturated rings. The van der Waals surface area contributed by atoms with Crippen molar-refractivity contribution >= 4 is 17.3 Å². The zero-order chi connectivity index (χ0) is 14.4. The van der Waals surface area contributed by atoms with Gasteiger partial charge in [0.25, 0.3) is 5.91 Å². The Morgan fingerprint density at radius 1 is 1.10 bits per heavy atom. The van der Waals surface area contributed by atoms with Crippen LogP contribution in [0.4, 0.5) is 11.4 Å². The molecular weight excluding hydrogens is 250 g/mol. The van der Waals surface area contributed by atoms with Crippen molar-refractivity contribution in [3.63, 3.8) is 0 Å². The predicted octanol–water partition coefficient (Wildman–Crippen LogP) is 3.33. The van der Waals surface area contributed by atoms with Crippen LogP contribution >= 0.6 is 0 Å². The van der Waals surface area contributed by atoms with Crippen LogP contribution in [0, 0.1) is 0 Å². The van der Waals surface area contributed by atoms with Crippen molar-refractivity contribution in [2.24, 2.45) is 0 Å². The monoisotopic (exact) mass is 269 g/mol. The molecule has 2 rings (SSSR count). The van der Waals surface area contributed by atoms with Crippen LogP contribution in [0.5, 0.6) is 0 Å². The number of nitrogens with one attached hydrogen (secondary N) is 2. The third kappa shape index (κ3) is 3.57. The van der Waals surface area contributed by atoms with Gasteiger partial charge in [0.05, 0.1) is 0 Å². The molecule has 0 saturated heterocycles. The van der Waals surface area contributed by atoms with Crippen LogP contribution in [0.3, 0.4) is 0 Å². The second-order valence-electron chi connectivity index (χ2n) is 4.46. The van der Waals surface area contributed by atoms with Gasteiger partial charge in [-0.05, 0) is 43.2 Å². The first-order valence-corrected chi connectivity index (χ1v) is 6.83. The van der Waals surface area contributed by atoms with E-state index in [2.05, 4.69) is 22.5 Å². The first kappa shape index (κ1) is 14.1. The molecule has 2 N–H and O–H groups in total.